The summed E-state index contributed by atoms with van der Waals surface area (Å²) in [4.78, 5) is 17.7. The van der Waals surface area contributed by atoms with Crippen LogP contribution in [0.15, 0.2) is 11.1 Å². The first-order chi connectivity index (χ1) is 6.59. The molecule has 2 heterocycles. The summed E-state index contributed by atoms with van der Waals surface area (Å²) in [5, 5.41) is 3.90. The summed E-state index contributed by atoms with van der Waals surface area (Å²) in [5.74, 6) is 0.540. The lowest BCUT2D eigenvalue weighted by molar-refractivity contribution is -0.694. The largest absolute Gasteiger partial charge is 0.408 e. The molecule has 0 bridgehead atoms. The van der Waals surface area contributed by atoms with E-state index in [1.54, 1.807) is 10.9 Å². The second kappa shape index (κ2) is 2.79. The molecule has 2 aromatic rings. The van der Waals surface area contributed by atoms with Crippen LogP contribution in [0, 0.1) is 0 Å². The predicted molar refractivity (Wildman–Crippen MR) is 48.6 cm³/mol. The minimum Gasteiger partial charge on any atom is -0.359 e. The molecular formula is C7H11N6O+. The molecule has 3 N–H and O–H groups in total. The second-order valence-electron chi connectivity index (χ2n) is 3.27. The Labute approximate surface area is 79.2 Å². The van der Waals surface area contributed by atoms with Gasteiger partial charge in [0.05, 0.1) is 6.04 Å². The van der Waals surface area contributed by atoms with Gasteiger partial charge in [0.2, 0.25) is 6.33 Å². The maximum atomic E-state index is 11.3. The number of anilines is 1. The number of rotatable bonds is 1. The van der Waals surface area contributed by atoms with Gasteiger partial charge in [0.1, 0.15) is 0 Å². The zero-order valence-electron chi connectivity index (χ0n) is 7.93. The van der Waals surface area contributed by atoms with Crippen LogP contribution in [0.4, 0.5) is 5.95 Å². The molecule has 0 radical (unpaired) electrons. The van der Waals surface area contributed by atoms with E-state index in [1.807, 2.05) is 13.8 Å². The van der Waals surface area contributed by atoms with Crippen molar-refractivity contribution in [3.05, 3.63) is 16.8 Å². The molecule has 0 aliphatic carbocycles. The summed E-state index contributed by atoms with van der Waals surface area (Å²) in [5.41, 5.74) is 5.05. The smallest absolute Gasteiger partial charge is 0.359 e. The molecule has 0 aliphatic rings. The van der Waals surface area contributed by atoms with E-state index in [0.717, 1.165) is 0 Å². The fourth-order valence-electron chi connectivity index (χ4n) is 1.23. The van der Waals surface area contributed by atoms with Crippen LogP contribution >= 0.6 is 0 Å². The molecule has 0 spiro atoms. The average Bonchev–Trinajstić information content (AvgIpc) is 2.47. The molecule has 0 unspecified atom stereocenters. The van der Waals surface area contributed by atoms with Crippen LogP contribution in [0.1, 0.15) is 19.9 Å². The quantitative estimate of drug-likeness (QED) is 0.563. The molecule has 0 saturated carbocycles. The third-order valence-electron chi connectivity index (χ3n) is 1.92. The van der Waals surface area contributed by atoms with E-state index < -0.39 is 0 Å². The van der Waals surface area contributed by atoms with Crippen molar-refractivity contribution < 1.29 is 4.57 Å². The SMILES string of the molecule is CC(C)[n+]1cnn2c(=O)[nH]c(N)nc21. The molecule has 0 saturated heterocycles. The van der Waals surface area contributed by atoms with Gasteiger partial charge < -0.3 is 5.73 Å². The monoisotopic (exact) mass is 195 g/mol. The van der Waals surface area contributed by atoms with Crippen molar-refractivity contribution in [2.75, 3.05) is 5.73 Å². The lowest BCUT2D eigenvalue weighted by Gasteiger charge is -1.98. The van der Waals surface area contributed by atoms with E-state index in [0.29, 0.717) is 5.78 Å². The molecule has 7 nitrogen and oxygen atoms in total. The van der Waals surface area contributed by atoms with Crippen molar-refractivity contribution in [2.24, 2.45) is 0 Å². The van der Waals surface area contributed by atoms with Gasteiger partial charge in [-0.1, -0.05) is 4.98 Å². The highest BCUT2D eigenvalue weighted by Crippen LogP contribution is 1.95. The third kappa shape index (κ3) is 1.13. The lowest BCUT2D eigenvalue weighted by atomic mass is 10.4. The van der Waals surface area contributed by atoms with E-state index in [-0.39, 0.29) is 17.7 Å². The standard InChI is InChI=1S/C7H10N6O/c1-4(2)12-3-9-13-6(12)10-5(8)11-7(13)14/h3-4H,1-2H3,(H2,8,11,14)/p+1. The molecule has 0 aromatic carbocycles. The molecule has 14 heavy (non-hydrogen) atoms. The average molecular weight is 195 g/mol. The van der Waals surface area contributed by atoms with Gasteiger partial charge >= 0.3 is 11.5 Å². The van der Waals surface area contributed by atoms with E-state index in [9.17, 15) is 4.79 Å². The maximum Gasteiger partial charge on any atom is 0.408 e. The van der Waals surface area contributed by atoms with Crippen molar-refractivity contribution in [1.82, 2.24) is 19.6 Å². The molecule has 0 aliphatic heterocycles. The summed E-state index contributed by atoms with van der Waals surface area (Å²) in [6, 6.07) is 0.182. The van der Waals surface area contributed by atoms with Crippen molar-refractivity contribution in [2.45, 2.75) is 19.9 Å². The summed E-state index contributed by atoms with van der Waals surface area (Å²) < 4.78 is 2.95. The number of fused-ring (bicyclic) bond motifs is 1. The van der Waals surface area contributed by atoms with E-state index in [4.69, 9.17) is 5.73 Å². The molecular weight excluding hydrogens is 184 g/mol. The number of nitrogen functional groups attached to an aromatic ring is 1. The predicted octanol–water partition coefficient (Wildman–Crippen LogP) is -1.13. The van der Waals surface area contributed by atoms with Crippen molar-refractivity contribution in [1.29, 1.82) is 0 Å². The number of nitrogens with zero attached hydrogens (tertiary/aromatic N) is 4. The van der Waals surface area contributed by atoms with Crippen LogP contribution in [0.25, 0.3) is 5.78 Å². The van der Waals surface area contributed by atoms with Gasteiger partial charge in [0, 0.05) is 5.10 Å². The van der Waals surface area contributed by atoms with Crippen LogP contribution in [0.3, 0.4) is 0 Å². The third-order valence-corrected chi connectivity index (χ3v) is 1.92. The van der Waals surface area contributed by atoms with E-state index >= 15 is 0 Å². The Morgan fingerprint density at radius 1 is 1.64 bits per heavy atom. The van der Waals surface area contributed by atoms with Crippen molar-refractivity contribution in [3.63, 3.8) is 0 Å². The van der Waals surface area contributed by atoms with Gasteiger partial charge in [-0.05, 0) is 18.4 Å². The Bertz CT molecular complexity index is 524. The number of aromatic amines is 1. The second-order valence-corrected chi connectivity index (χ2v) is 3.27. The zero-order valence-corrected chi connectivity index (χ0v) is 7.93. The van der Waals surface area contributed by atoms with Crippen LogP contribution in [0.5, 0.6) is 0 Å². The van der Waals surface area contributed by atoms with Crippen molar-refractivity contribution >= 4 is 11.7 Å². The molecule has 0 fully saturated rings. The molecule has 2 rings (SSSR count). The highest BCUT2D eigenvalue weighted by atomic mass is 16.1. The Morgan fingerprint density at radius 2 is 2.36 bits per heavy atom. The fraction of sp³-hybridized carbons (Fsp3) is 0.429. The molecule has 74 valence electrons. The maximum absolute atomic E-state index is 11.3. The van der Waals surface area contributed by atoms with Gasteiger partial charge in [-0.3, -0.25) is 4.98 Å². The summed E-state index contributed by atoms with van der Waals surface area (Å²) in [6.45, 7) is 3.95. The Morgan fingerprint density at radius 3 is 3.00 bits per heavy atom. The number of hydrogen-bond donors (Lipinski definition) is 2. The van der Waals surface area contributed by atoms with Crippen LogP contribution < -0.4 is 16.0 Å². The first-order valence-corrected chi connectivity index (χ1v) is 4.24. The molecule has 0 atom stereocenters. The molecule has 2 aromatic heterocycles. The number of nitrogens with two attached hydrogens (primary N) is 1. The van der Waals surface area contributed by atoms with Crippen LogP contribution in [-0.2, 0) is 0 Å². The highest BCUT2D eigenvalue weighted by Gasteiger charge is 2.17. The normalized spacial score (nSPS) is 11.4. The van der Waals surface area contributed by atoms with Gasteiger partial charge in [-0.2, -0.15) is 0 Å². The minimum atomic E-state index is -0.382. The topological polar surface area (TPSA) is 93.0 Å². The van der Waals surface area contributed by atoms with E-state index in [1.165, 1.54) is 4.52 Å². The number of aromatic nitrogens is 5. The number of hydrogen-bond acceptors (Lipinski definition) is 4. The number of H-pyrrole nitrogens is 1. The summed E-state index contributed by atoms with van der Waals surface area (Å²) >= 11 is 0. The Balaban J connectivity index is 2.85. The van der Waals surface area contributed by atoms with Gasteiger partial charge in [0.15, 0.2) is 0 Å². The first kappa shape index (κ1) is 8.67. The van der Waals surface area contributed by atoms with Crippen LogP contribution in [-0.4, -0.2) is 19.6 Å². The summed E-state index contributed by atoms with van der Waals surface area (Å²) in [6.07, 6.45) is 1.56. The highest BCUT2D eigenvalue weighted by molar-refractivity contribution is 5.25. The first-order valence-electron chi connectivity index (χ1n) is 4.24. The van der Waals surface area contributed by atoms with Gasteiger partial charge in [-0.15, -0.1) is 0 Å². The van der Waals surface area contributed by atoms with Crippen molar-refractivity contribution in [3.8, 4) is 0 Å². The Hall–Kier alpha value is -1.92. The molecule has 0 amide bonds. The zero-order chi connectivity index (χ0) is 10.3. The summed E-state index contributed by atoms with van der Waals surface area (Å²) in [7, 11) is 0. The minimum absolute atomic E-state index is 0.0948. The van der Waals surface area contributed by atoms with Gasteiger partial charge in [-0.25, -0.2) is 9.36 Å². The Kier molecular flexibility index (Phi) is 1.73. The van der Waals surface area contributed by atoms with Gasteiger partial charge in [0.25, 0.3) is 5.95 Å². The molecule has 7 heteroatoms. The van der Waals surface area contributed by atoms with E-state index in [2.05, 4.69) is 15.1 Å². The lowest BCUT2D eigenvalue weighted by Crippen LogP contribution is -2.37. The van der Waals surface area contributed by atoms with Crippen LogP contribution in [0.2, 0.25) is 0 Å². The fourth-order valence-corrected chi connectivity index (χ4v) is 1.23. The number of nitrogens with one attached hydrogen (secondary N) is 1.